The van der Waals surface area contributed by atoms with E-state index in [1.807, 2.05) is 0 Å². The Labute approximate surface area is 128 Å². The van der Waals surface area contributed by atoms with Crippen LogP contribution in [0, 0.1) is 0 Å². The van der Waals surface area contributed by atoms with E-state index in [9.17, 15) is 0 Å². The summed E-state index contributed by atoms with van der Waals surface area (Å²) in [5, 5.41) is 0. The van der Waals surface area contributed by atoms with Crippen LogP contribution >= 0.6 is 0 Å². The van der Waals surface area contributed by atoms with Gasteiger partial charge in [-0.15, -0.1) is 0 Å². The van der Waals surface area contributed by atoms with Crippen molar-refractivity contribution in [3.63, 3.8) is 0 Å². The summed E-state index contributed by atoms with van der Waals surface area (Å²) < 4.78 is 11.7. The predicted octanol–water partition coefficient (Wildman–Crippen LogP) is 5.90. The van der Waals surface area contributed by atoms with Crippen molar-refractivity contribution >= 4 is 8.32 Å². The minimum absolute atomic E-state index is 0.638. The number of allylic oxidation sites excluding steroid dienone is 2. The van der Waals surface area contributed by atoms with Crippen molar-refractivity contribution in [2.45, 2.75) is 84.4 Å². The van der Waals surface area contributed by atoms with Gasteiger partial charge in [-0.05, 0) is 48.9 Å². The number of unbranched alkanes of at least 4 members (excludes halogenated alkanes) is 2. The van der Waals surface area contributed by atoms with E-state index in [0.717, 1.165) is 25.2 Å². The predicted molar refractivity (Wildman–Crippen MR) is 91.6 cm³/mol. The van der Waals surface area contributed by atoms with Gasteiger partial charge in [0.1, 0.15) is 0 Å². The van der Waals surface area contributed by atoms with E-state index in [0.29, 0.717) is 16.6 Å². The summed E-state index contributed by atoms with van der Waals surface area (Å²) in [5.41, 5.74) is 1.91. The molecule has 0 aromatic carbocycles. The van der Waals surface area contributed by atoms with Crippen molar-refractivity contribution < 1.29 is 9.16 Å². The maximum atomic E-state index is 6.60. The zero-order valence-corrected chi connectivity index (χ0v) is 16.0. The van der Waals surface area contributed by atoms with Gasteiger partial charge >= 0.3 is 0 Å². The first-order valence-electron chi connectivity index (χ1n) is 8.13. The number of hydrogen-bond acceptors (Lipinski definition) is 2. The standard InChI is InChI=1S/C17H36O2Si/c1-14(2)20(15(3)4,16(5)6)19-17(7)12-10-9-11-13-18-8/h12,14-16H,9-11,13H2,1-8H3/b17-12+. The SMILES string of the molecule is COCCCC/C=C(\C)O[Si](C(C)C)(C(C)C)C(C)C. The fourth-order valence-corrected chi connectivity index (χ4v) is 8.72. The molecule has 0 amide bonds. The molecule has 0 N–H and O–H groups in total. The maximum Gasteiger partial charge on any atom is 0.258 e. The molecule has 0 aliphatic rings. The summed E-state index contributed by atoms with van der Waals surface area (Å²) in [4.78, 5) is 0. The highest BCUT2D eigenvalue weighted by molar-refractivity contribution is 6.77. The average Bonchev–Trinajstić information content (AvgIpc) is 2.34. The molecule has 2 nitrogen and oxygen atoms in total. The molecule has 0 unspecified atom stereocenters. The van der Waals surface area contributed by atoms with E-state index in [-0.39, 0.29) is 0 Å². The van der Waals surface area contributed by atoms with E-state index >= 15 is 0 Å². The largest absolute Gasteiger partial charge is 0.546 e. The molecule has 0 atom stereocenters. The van der Waals surface area contributed by atoms with Gasteiger partial charge in [-0.2, -0.15) is 0 Å². The number of ether oxygens (including phenoxy) is 1. The first-order chi connectivity index (χ1) is 9.28. The lowest BCUT2D eigenvalue weighted by Gasteiger charge is -2.42. The molecule has 20 heavy (non-hydrogen) atoms. The van der Waals surface area contributed by atoms with Crippen molar-refractivity contribution in [2.75, 3.05) is 13.7 Å². The molecule has 0 aliphatic carbocycles. The van der Waals surface area contributed by atoms with Crippen LogP contribution in [-0.4, -0.2) is 22.0 Å². The molecule has 0 heterocycles. The second-order valence-corrected chi connectivity index (χ2v) is 12.1. The molecule has 0 aromatic rings. The lowest BCUT2D eigenvalue weighted by atomic mass is 10.2. The average molecular weight is 301 g/mol. The number of hydrogen-bond donors (Lipinski definition) is 0. The molecular weight excluding hydrogens is 264 g/mol. The minimum Gasteiger partial charge on any atom is -0.546 e. The van der Waals surface area contributed by atoms with Crippen molar-refractivity contribution in [3.8, 4) is 0 Å². The lowest BCUT2D eigenvalue weighted by molar-refractivity contribution is 0.193. The van der Waals surface area contributed by atoms with Crippen LogP contribution in [0.5, 0.6) is 0 Å². The van der Waals surface area contributed by atoms with Crippen LogP contribution in [0.15, 0.2) is 11.8 Å². The van der Waals surface area contributed by atoms with Crippen molar-refractivity contribution in [3.05, 3.63) is 11.8 Å². The summed E-state index contributed by atoms with van der Waals surface area (Å²) in [6.45, 7) is 17.0. The molecule has 0 aromatic heterocycles. The summed E-state index contributed by atoms with van der Waals surface area (Å²) >= 11 is 0. The van der Waals surface area contributed by atoms with Crippen molar-refractivity contribution in [2.24, 2.45) is 0 Å². The molecule has 120 valence electrons. The fourth-order valence-electron chi connectivity index (χ4n) is 3.37. The molecule has 0 radical (unpaired) electrons. The smallest absolute Gasteiger partial charge is 0.258 e. The van der Waals surface area contributed by atoms with Gasteiger partial charge in [0, 0.05) is 13.7 Å². The highest BCUT2D eigenvalue weighted by Gasteiger charge is 2.46. The normalized spacial score (nSPS) is 13.7. The third kappa shape index (κ3) is 5.61. The molecular formula is C17H36O2Si. The van der Waals surface area contributed by atoms with Crippen molar-refractivity contribution in [1.29, 1.82) is 0 Å². The second-order valence-electron chi connectivity index (χ2n) is 6.72. The Balaban J connectivity index is 4.69. The van der Waals surface area contributed by atoms with Crippen LogP contribution in [0.3, 0.4) is 0 Å². The maximum absolute atomic E-state index is 6.60. The summed E-state index contributed by atoms with van der Waals surface area (Å²) in [7, 11) is 0.00295. The Hall–Kier alpha value is -0.283. The van der Waals surface area contributed by atoms with E-state index < -0.39 is 8.32 Å². The lowest BCUT2D eigenvalue weighted by Crippen LogP contribution is -2.47. The van der Waals surface area contributed by atoms with Crippen LogP contribution in [0.4, 0.5) is 0 Å². The van der Waals surface area contributed by atoms with Gasteiger partial charge < -0.3 is 9.16 Å². The highest BCUT2D eigenvalue weighted by atomic mass is 28.4. The summed E-state index contributed by atoms with van der Waals surface area (Å²) in [6, 6.07) is 0. The summed E-state index contributed by atoms with van der Waals surface area (Å²) in [6.07, 6.45) is 5.66. The van der Waals surface area contributed by atoms with Gasteiger partial charge in [-0.3, -0.25) is 0 Å². The van der Waals surface area contributed by atoms with Gasteiger partial charge in [0.15, 0.2) is 0 Å². The molecule has 0 rings (SSSR count). The molecule has 0 fully saturated rings. The van der Waals surface area contributed by atoms with Crippen molar-refractivity contribution in [1.82, 2.24) is 0 Å². The zero-order chi connectivity index (χ0) is 15.8. The summed E-state index contributed by atoms with van der Waals surface area (Å²) in [5.74, 6) is 1.13. The van der Waals surface area contributed by atoms with E-state index in [2.05, 4.69) is 54.5 Å². The Morgan fingerprint density at radius 2 is 1.45 bits per heavy atom. The first-order valence-corrected chi connectivity index (χ1v) is 10.3. The molecule has 0 saturated carbocycles. The fraction of sp³-hybridized carbons (Fsp3) is 0.882. The Morgan fingerprint density at radius 1 is 0.950 bits per heavy atom. The Morgan fingerprint density at radius 3 is 1.85 bits per heavy atom. The van der Waals surface area contributed by atoms with Crippen LogP contribution in [0.25, 0.3) is 0 Å². The number of methoxy groups -OCH3 is 1. The first kappa shape index (κ1) is 19.7. The van der Waals surface area contributed by atoms with Gasteiger partial charge in [0.25, 0.3) is 8.32 Å². The number of rotatable bonds is 10. The van der Waals surface area contributed by atoms with Crippen LogP contribution < -0.4 is 0 Å². The van der Waals surface area contributed by atoms with Crippen LogP contribution in [0.2, 0.25) is 16.6 Å². The van der Waals surface area contributed by atoms with E-state index in [1.165, 1.54) is 6.42 Å². The topological polar surface area (TPSA) is 18.5 Å². The van der Waals surface area contributed by atoms with Gasteiger partial charge in [0.2, 0.25) is 0 Å². The molecule has 3 heteroatoms. The third-order valence-corrected chi connectivity index (χ3v) is 10.4. The van der Waals surface area contributed by atoms with Crippen LogP contribution in [-0.2, 0) is 9.16 Å². The van der Waals surface area contributed by atoms with Gasteiger partial charge in [0.05, 0.1) is 5.76 Å². The third-order valence-electron chi connectivity index (χ3n) is 4.28. The van der Waals surface area contributed by atoms with E-state index in [1.54, 1.807) is 7.11 Å². The van der Waals surface area contributed by atoms with Gasteiger partial charge in [-0.25, -0.2) is 0 Å². The zero-order valence-electron chi connectivity index (χ0n) is 15.0. The molecule has 0 bridgehead atoms. The molecule has 0 spiro atoms. The van der Waals surface area contributed by atoms with E-state index in [4.69, 9.17) is 9.16 Å². The quantitative estimate of drug-likeness (QED) is 0.284. The minimum atomic E-state index is -1.76. The second kappa shape index (κ2) is 9.62. The Bertz CT molecular complexity index is 261. The monoisotopic (exact) mass is 300 g/mol. The Kier molecular flexibility index (Phi) is 9.48. The molecule has 0 saturated heterocycles. The molecule has 0 aliphatic heterocycles. The highest BCUT2D eigenvalue weighted by Crippen LogP contribution is 2.43. The van der Waals surface area contributed by atoms with Crippen LogP contribution in [0.1, 0.15) is 67.7 Å². The van der Waals surface area contributed by atoms with Gasteiger partial charge in [-0.1, -0.05) is 41.5 Å².